The molecule has 0 radical (unpaired) electrons. The Bertz CT molecular complexity index is 3320. The number of para-hydroxylation sites is 1. The van der Waals surface area contributed by atoms with Gasteiger partial charge in [-0.1, -0.05) is 170 Å². The molecule has 1 aliphatic rings. The van der Waals surface area contributed by atoms with Gasteiger partial charge in [-0.3, -0.25) is 9.55 Å². The summed E-state index contributed by atoms with van der Waals surface area (Å²) in [5, 5.41) is 4.74. The highest BCUT2D eigenvalue weighted by Crippen LogP contribution is 2.58. The third kappa shape index (κ3) is 5.12. The van der Waals surface area contributed by atoms with Gasteiger partial charge in [0.1, 0.15) is 0 Å². The van der Waals surface area contributed by atoms with Crippen LogP contribution in [0.1, 0.15) is 22.3 Å². The Hall–Kier alpha value is -8.02. The molecule has 3 aromatic heterocycles. The number of fused-ring (bicyclic) bond motifs is 8. The number of nitrogens with zero attached hydrogens (tertiary/aromatic N) is 5. The van der Waals surface area contributed by atoms with E-state index in [9.17, 15) is 0 Å². The lowest BCUT2D eigenvalue weighted by atomic mass is 9.67. The van der Waals surface area contributed by atoms with Crippen molar-refractivity contribution < 1.29 is 0 Å². The summed E-state index contributed by atoms with van der Waals surface area (Å²) in [6.45, 7) is 0. The molecule has 0 saturated heterocycles. The molecular formula is C55H35N5. The van der Waals surface area contributed by atoms with E-state index in [2.05, 4.69) is 144 Å². The number of benzene rings is 8. The van der Waals surface area contributed by atoms with Gasteiger partial charge in [0.05, 0.1) is 16.4 Å². The average molecular weight is 766 g/mol. The summed E-state index contributed by atoms with van der Waals surface area (Å²) in [5.41, 5.74) is 13.0. The summed E-state index contributed by atoms with van der Waals surface area (Å²) in [5.74, 6) is 1.84. The largest absolute Gasteiger partial charge is 0.278 e. The normalized spacial score (nSPS) is 14.4. The fourth-order valence-corrected chi connectivity index (χ4v) is 9.60. The molecule has 5 nitrogen and oxygen atoms in total. The smallest absolute Gasteiger partial charge is 0.238 e. The predicted octanol–water partition coefficient (Wildman–Crippen LogP) is 12.9. The first-order valence-corrected chi connectivity index (χ1v) is 20.3. The Labute approximate surface area is 347 Å². The van der Waals surface area contributed by atoms with Crippen LogP contribution in [-0.2, 0) is 5.41 Å². The van der Waals surface area contributed by atoms with Crippen LogP contribution in [0.3, 0.4) is 0 Å². The number of pyridine rings is 1. The summed E-state index contributed by atoms with van der Waals surface area (Å²) in [6.07, 6.45) is 3.91. The zero-order valence-corrected chi connectivity index (χ0v) is 32.4. The quantitative estimate of drug-likeness (QED) is 0.169. The van der Waals surface area contributed by atoms with Gasteiger partial charge >= 0.3 is 0 Å². The zero-order chi connectivity index (χ0) is 39.6. The summed E-state index contributed by atoms with van der Waals surface area (Å²) in [6, 6.07) is 71.2. The van der Waals surface area contributed by atoms with Crippen LogP contribution in [0.5, 0.6) is 0 Å². The molecule has 1 aliphatic carbocycles. The van der Waals surface area contributed by atoms with Gasteiger partial charge in [0, 0.05) is 34.3 Å². The third-order valence-electron chi connectivity index (χ3n) is 12.2. The van der Waals surface area contributed by atoms with E-state index in [1.165, 1.54) is 38.6 Å². The Morgan fingerprint density at radius 1 is 0.400 bits per heavy atom. The molecule has 3 heterocycles. The first-order valence-electron chi connectivity index (χ1n) is 20.3. The monoisotopic (exact) mass is 765 g/mol. The van der Waals surface area contributed by atoms with Crippen LogP contribution < -0.4 is 0 Å². The summed E-state index contributed by atoms with van der Waals surface area (Å²) >= 11 is 0. The Morgan fingerprint density at radius 3 is 1.75 bits per heavy atom. The van der Waals surface area contributed by atoms with Gasteiger partial charge in [-0.2, -0.15) is 9.97 Å². The standard InChI is InChI=1S/C55H35N5/c1-4-16-37(17-5-1)52-57-53(38-18-6-2-7-19-38)59-54(58-52)60-49-25-13-12-24-44(49)46-33-39(28-31-50(46)60)40-26-29-45-48(34-40)55(41-20-8-3-9-21-41,42-22-14-32-56-35-42)47-30-27-36-15-10-11-23-43(36)51(45)47/h1-35H. The molecule has 280 valence electrons. The molecule has 60 heavy (non-hydrogen) atoms. The van der Waals surface area contributed by atoms with Crippen LogP contribution in [0.2, 0.25) is 0 Å². The lowest BCUT2D eigenvalue weighted by Gasteiger charge is -2.33. The highest BCUT2D eigenvalue weighted by Gasteiger charge is 2.47. The number of hydrogen-bond acceptors (Lipinski definition) is 4. The fraction of sp³-hybridized carbons (Fsp3) is 0.0182. The van der Waals surface area contributed by atoms with Crippen LogP contribution in [0.15, 0.2) is 213 Å². The van der Waals surface area contributed by atoms with E-state index in [4.69, 9.17) is 19.9 Å². The van der Waals surface area contributed by atoms with Crippen molar-refractivity contribution in [2.24, 2.45) is 0 Å². The predicted molar refractivity (Wildman–Crippen MR) is 243 cm³/mol. The van der Waals surface area contributed by atoms with Gasteiger partial charge in [0.15, 0.2) is 11.6 Å². The second-order valence-electron chi connectivity index (χ2n) is 15.4. The Kier molecular flexibility index (Phi) is 7.69. The molecule has 12 rings (SSSR count). The minimum absolute atomic E-state index is 0.577. The summed E-state index contributed by atoms with van der Waals surface area (Å²) in [4.78, 5) is 20.0. The van der Waals surface area contributed by atoms with Gasteiger partial charge in [-0.25, -0.2) is 4.98 Å². The van der Waals surface area contributed by atoms with Crippen molar-refractivity contribution >= 4 is 32.6 Å². The van der Waals surface area contributed by atoms with Crippen LogP contribution in [0.25, 0.3) is 83.6 Å². The second kappa shape index (κ2) is 13.5. The molecule has 8 aromatic carbocycles. The molecule has 11 aromatic rings. The lowest BCUT2D eigenvalue weighted by molar-refractivity contribution is 0.763. The maximum Gasteiger partial charge on any atom is 0.238 e. The van der Waals surface area contributed by atoms with Crippen LogP contribution >= 0.6 is 0 Å². The van der Waals surface area contributed by atoms with Crippen molar-refractivity contribution in [1.29, 1.82) is 0 Å². The fourth-order valence-electron chi connectivity index (χ4n) is 9.60. The van der Waals surface area contributed by atoms with Gasteiger partial charge < -0.3 is 0 Å². The lowest BCUT2D eigenvalue weighted by Crippen LogP contribution is -2.28. The van der Waals surface area contributed by atoms with E-state index in [1.807, 2.05) is 73.1 Å². The second-order valence-corrected chi connectivity index (χ2v) is 15.4. The average Bonchev–Trinajstić information content (AvgIpc) is 3.83. The van der Waals surface area contributed by atoms with Crippen molar-refractivity contribution in [1.82, 2.24) is 24.5 Å². The number of aromatic nitrogens is 5. The third-order valence-corrected chi connectivity index (χ3v) is 12.2. The van der Waals surface area contributed by atoms with E-state index in [1.54, 1.807) is 0 Å². The number of hydrogen-bond donors (Lipinski definition) is 0. The van der Waals surface area contributed by atoms with Crippen LogP contribution in [-0.4, -0.2) is 24.5 Å². The molecule has 0 fully saturated rings. The van der Waals surface area contributed by atoms with Crippen LogP contribution in [0.4, 0.5) is 0 Å². The Morgan fingerprint density at radius 2 is 1.02 bits per heavy atom. The minimum atomic E-state index is -0.577. The maximum absolute atomic E-state index is 5.14. The molecule has 0 aliphatic heterocycles. The Balaban J connectivity index is 1.09. The van der Waals surface area contributed by atoms with E-state index >= 15 is 0 Å². The highest BCUT2D eigenvalue weighted by molar-refractivity contribution is 6.10. The maximum atomic E-state index is 5.14. The molecular weight excluding hydrogens is 731 g/mol. The molecule has 0 amide bonds. The van der Waals surface area contributed by atoms with Crippen LogP contribution in [0, 0.1) is 0 Å². The zero-order valence-electron chi connectivity index (χ0n) is 32.4. The molecule has 0 spiro atoms. The number of rotatable bonds is 6. The van der Waals surface area contributed by atoms with Gasteiger partial charge in [-0.15, -0.1) is 0 Å². The minimum Gasteiger partial charge on any atom is -0.278 e. The molecule has 1 atom stereocenters. The van der Waals surface area contributed by atoms with E-state index in [0.717, 1.165) is 49.6 Å². The highest BCUT2D eigenvalue weighted by atomic mass is 15.2. The first kappa shape index (κ1) is 34.1. The van der Waals surface area contributed by atoms with E-state index in [0.29, 0.717) is 17.6 Å². The summed E-state index contributed by atoms with van der Waals surface area (Å²) in [7, 11) is 0. The van der Waals surface area contributed by atoms with E-state index < -0.39 is 5.41 Å². The topological polar surface area (TPSA) is 56.5 Å². The molecule has 0 N–H and O–H groups in total. The van der Waals surface area contributed by atoms with Crippen molar-refractivity contribution in [3.63, 3.8) is 0 Å². The van der Waals surface area contributed by atoms with Crippen molar-refractivity contribution in [3.8, 4) is 51.0 Å². The van der Waals surface area contributed by atoms with Crippen molar-refractivity contribution in [2.45, 2.75) is 5.41 Å². The van der Waals surface area contributed by atoms with Gasteiger partial charge in [-0.05, 0) is 85.6 Å². The van der Waals surface area contributed by atoms with Gasteiger partial charge in [0.25, 0.3) is 0 Å². The summed E-state index contributed by atoms with van der Waals surface area (Å²) < 4.78 is 2.18. The van der Waals surface area contributed by atoms with E-state index in [-0.39, 0.29) is 0 Å². The van der Waals surface area contributed by atoms with Crippen molar-refractivity contribution in [2.75, 3.05) is 0 Å². The molecule has 0 bridgehead atoms. The molecule has 0 saturated carbocycles. The molecule has 1 unspecified atom stereocenters. The molecule has 5 heteroatoms. The first-order chi connectivity index (χ1) is 29.8. The SMILES string of the molecule is c1ccc(-c2nc(-c3ccccc3)nc(-n3c4ccccc4c4cc(-c5ccc6c(c5)C(c5ccccc5)(c5cccnc5)c5ccc7ccccc7c5-6)ccc43)n2)cc1. The van der Waals surface area contributed by atoms with Gasteiger partial charge in [0.2, 0.25) is 5.95 Å². The van der Waals surface area contributed by atoms with Crippen molar-refractivity contribution in [3.05, 3.63) is 235 Å².